The number of hydrogen-bond donors (Lipinski definition) is 1. The van der Waals surface area contributed by atoms with Gasteiger partial charge >= 0.3 is 0 Å². The van der Waals surface area contributed by atoms with E-state index in [4.69, 9.17) is 0 Å². The van der Waals surface area contributed by atoms with Crippen LogP contribution in [0.2, 0.25) is 0 Å². The first-order chi connectivity index (χ1) is 7.02. The molecule has 0 radical (unpaired) electrons. The van der Waals surface area contributed by atoms with Gasteiger partial charge in [0.25, 0.3) is 0 Å². The molecule has 0 saturated heterocycles. The zero-order valence-electron chi connectivity index (χ0n) is 10.3. The van der Waals surface area contributed by atoms with E-state index in [1.807, 2.05) is 0 Å². The maximum atomic E-state index is 11.2. The van der Waals surface area contributed by atoms with Gasteiger partial charge in [0.2, 0.25) is 0 Å². The molecule has 0 aliphatic rings. The van der Waals surface area contributed by atoms with Gasteiger partial charge in [-0.15, -0.1) is 0 Å². The van der Waals surface area contributed by atoms with Crippen molar-refractivity contribution in [3.63, 3.8) is 0 Å². The van der Waals surface area contributed by atoms with Crippen molar-refractivity contribution in [2.75, 3.05) is 24.6 Å². The van der Waals surface area contributed by atoms with Crippen LogP contribution >= 0.6 is 0 Å². The molecule has 0 rings (SSSR count). The molecule has 0 spiro atoms. The Balaban J connectivity index is 3.50. The van der Waals surface area contributed by atoms with Gasteiger partial charge in [-0.25, -0.2) is 8.42 Å². The highest BCUT2D eigenvalue weighted by Crippen LogP contribution is 2.10. The molecular weight excluding hydrogens is 210 g/mol. The van der Waals surface area contributed by atoms with E-state index in [9.17, 15) is 8.42 Å². The van der Waals surface area contributed by atoms with Crippen LogP contribution < -0.4 is 5.32 Å². The van der Waals surface area contributed by atoms with Crippen LogP contribution in [0, 0.1) is 5.92 Å². The van der Waals surface area contributed by atoms with Crippen molar-refractivity contribution < 1.29 is 8.42 Å². The Hall–Kier alpha value is -0.0900. The minimum absolute atomic E-state index is 0.277. The third-order valence-corrected chi connectivity index (χ3v) is 4.45. The van der Waals surface area contributed by atoms with Crippen LogP contribution in [0.15, 0.2) is 0 Å². The quantitative estimate of drug-likeness (QED) is 0.620. The molecule has 1 atom stereocenters. The second-order valence-corrected chi connectivity index (χ2v) is 6.60. The average molecular weight is 235 g/mol. The van der Waals surface area contributed by atoms with E-state index in [1.165, 1.54) is 0 Å². The van der Waals surface area contributed by atoms with Crippen molar-refractivity contribution in [1.82, 2.24) is 5.32 Å². The molecule has 1 unspecified atom stereocenters. The smallest absolute Gasteiger partial charge is 0.150 e. The molecule has 0 saturated carbocycles. The summed E-state index contributed by atoms with van der Waals surface area (Å²) in [5.74, 6) is 1.25. The summed E-state index contributed by atoms with van der Waals surface area (Å²) in [6, 6.07) is 0. The van der Waals surface area contributed by atoms with Crippen LogP contribution in [-0.4, -0.2) is 33.0 Å². The molecule has 0 bridgehead atoms. The fourth-order valence-electron chi connectivity index (χ4n) is 1.47. The first kappa shape index (κ1) is 14.9. The molecule has 0 aliphatic heterocycles. The van der Waals surface area contributed by atoms with E-state index in [-0.39, 0.29) is 5.75 Å². The van der Waals surface area contributed by atoms with Gasteiger partial charge in [0, 0.05) is 5.75 Å². The Morgan fingerprint density at radius 2 is 1.87 bits per heavy atom. The summed E-state index contributed by atoms with van der Waals surface area (Å²) in [5.41, 5.74) is 0. The predicted molar refractivity (Wildman–Crippen MR) is 65.9 cm³/mol. The minimum atomic E-state index is -2.76. The van der Waals surface area contributed by atoms with E-state index < -0.39 is 9.84 Å². The fourth-order valence-corrected chi connectivity index (χ4v) is 2.36. The molecule has 0 aromatic carbocycles. The highest BCUT2D eigenvalue weighted by molar-refractivity contribution is 7.91. The molecule has 0 heterocycles. The van der Waals surface area contributed by atoms with E-state index >= 15 is 0 Å². The number of hydrogen-bond acceptors (Lipinski definition) is 3. The van der Waals surface area contributed by atoms with Crippen molar-refractivity contribution in [2.45, 2.75) is 40.0 Å². The van der Waals surface area contributed by atoms with Gasteiger partial charge in [0.1, 0.15) is 9.84 Å². The molecule has 0 aromatic heterocycles. The molecule has 0 aliphatic carbocycles. The second-order valence-electron chi connectivity index (χ2n) is 4.13. The molecule has 0 fully saturated rings. The maximum absolute atomic E-state index is 11.2. The average Bonchev–Trinajstić information content (AvgIpc) is 2.18. The molecule has 15 heavy (non-hydrogen) atoms. The fraction of sp³-hybridized carbons (Fsp3) is 1.00. The summed E-state index contributed by atoms with van der Waals surface area (Å²) in [6.07, 6.45) is 2.97. The minimum Gasteiger partial charge on any atom is -0.317 e. The van der Waals surface area contributed by atoms with Crippen molar-refractivity contribution in [1.29, 1.82) is 0 Å². The summed E-state index contributed by atoms with van der Waals surface area (Å²) in [6.45, 7) is 8.05. The van der Waals surface area contributed by atoms with Crippen molar-refractivity contribution in [3.8, 4) is 0 Å². The topological polar surface area (TPSA) is 46.2 Å². The standard InChI is InChI=1S/C11H25NO2S/c1-4-12-9-8-11(3)7-6-10-15(13,14)5-2/h11-12H,4-10H2,1-3H3. The first-order valence-electron chi connectivity index (χ1n) is 5.93. The lowest BCUT2D eigenvalue weighted by Gasteiger charge is -2.11. The summed E-state index contributed by atoms with van der Waals surface area (Å²) in [7, 11) is -2.76. The lowest BCUT2D eigenvalue weighted by Crippen LogP contribution is -2.17. The zero-order valence-corrected chi connectivity index (χ0v) is 11.1. The third-order valence-electron chi connectivity index (χ3n) is 2.66. The van der Waals surface area contributed by atoms with Crippen molar-refractivity contribution >= 4 is 9.84 Å². The highest BCUT2D eigenvalue weighted by Gasteiger charge is 2.08. The van der Waals surface area contributed by atoms with Crippen LogP contribution in [0.4, 0.5) is 0 Å². The van der Waals surface area contributed by atoms with Gasteiger partial charge in [0.05, 0.1) is 5.75 Å². The predicted octanol–water partition coefficient (Wildman–Crippen LogP) is 1.84. The van der Waals surface area contributed by atoms with E-state index in [2.05, 4.69) is 19.2 Å². The van der Waals surface area contributed by atoms with Gasteiger partial charge in [-0.05, 0) is 38.3 Å². The number of rotatable bonds is 9. The zero-order chi connectivity index (χ0) is 11.7. The van der Waals surface area contributed by atoms with Gasteiger partial charge in [-0.3, -0.25) is 0 Å². The maximum Gasteiger partial charge on any atom is 0.150 e. The molecular formula is C11H25NO2S. The Morgan fingerprint density at radius 1 is 1.20 bits per heavy atom. The molecule has 4 heteroatoms. The number of sulfone groups is 1. The van der Waals surface area contributed by atoms with Gasteiger partial charge < -0.3 is 5.32 Å². The summed E-state index contributed by atoms with van der Waals surface area (Å²) < 4.78 is 22.5. The largest absolute Gasteiger partial charge is 0.317 e. The van der Waals surface area contributed by atoms with Crippen molar-refractivity contribution in [3.05, 3.63) is 0 Å². The van der Waals surface area contributed by atoms with Crippen LogP contribution in [0.1, 0.15) is 40.0 Å². The van der Waals surface area contributed by atoms with E-state index in [1.54, 1.807) is 6.92 Å². The van der Waals surface area contributed by atoms with E-state index in [0.29, 0.717) is 11.7 Å². The molecule has 92 valence electrons. The first-order valence-corrected chi connectivity index (χ1v) is 7.75. The lowest BCUT2D eigenvalue weighted by atomic mass is 10.0. The Kier molecular flexibility index (Phi) is 8.06. The Morgan fingerprint density at radius 3 is 2.40 bits per heavy atom. The Bertz CT molecular complexity index is 237. The van der Waals surface area contributed by atoms with Crippen LogP contribution in [0.3, 0.4) is 0 Å². The van der Waals surface area contributed by atoms with Crippen LogP contribution in [-0.2, 0) is 9.84 Å². The van der Waals surface area contributed by atoms with Gasteiger partial charge in [-0.1, -0.05) is 20.8 Å². The molecule has 1 N–H and O–H groups in total. The van der Waals surface area contributed by atoms with E-state index in [0.717, 1.165) is 32.4 Å². The lowest BCUT2D eigenvalue weighted by molar-refractivity contribution is 0.468. The highest BCUT2D eigenvalue weighted by atomic mass is 32.2. The summed E-state index contributed by atoms with van der Waals surface area (Å²) in [4.78, 5) is 0. The Labute approximate surface area is 94.6 Å². The molecule has 3 nitrogen and oxygen atoms in total. The van der Waals surface area contributed by atoms with Gasteiger partial charge in [-0.2, -0.15) is 0 Å². The van der Waals surface area contributed by atoms with Crippen LogP contribution in [0.25, 0.3) is 0 Å². The normalized spacial score (nSPS) is 14.1. The van der Waals surface area contributed by atoms with Gasteiger partial charge in [0.15, 0.2) is 0 Å². The third kappa shape index (κ3) is 8.88. The second kappa shape index (κ2) is 8.11. The van der Waals surface area contributed by atoms with Crippen LogP contribution in [0.5, 0.6) is 0 Å². The number of nitrogens with one attached hydrogen (secondary N) is 1. The SMILES string of the molecule is CCNCCC(C)CCCS(=O)(=O)CC. The summed E-state index contributed by atoms with van der Waals surface area (Å²) in [5, 5.41) is 3.28. The molecule has 0 amide bonds. The monoisotopic (exact) mass is 235 g/mol. The summed E-state index contributed by atoms with van der Waals surface area (Å²) >= 11 is 0. The van der Waals surface area contributed by atoms with Crippen molar-refractivity contribution in [2.24, 2.45) is 5.92 Å². The molecule has 0 aromatic rings.